The molecule has 0 saturated carbocycles. The highest BCUT2D eigenvalue weighted by atomic mass is 32.1. The third-order valence-electron chi connectivity index (χ3n) is 5.06. The molecule has 1 aliphatic heterocycles. The average Bonchev–Trinajstić information content (AvgIpc) is 3.26. The summed E-state index contributed by atoms with van der Waals surface area (Å²) in [5.74, 6) is 1.76. The lowest BCUT2D eigenvalue weighted by Gasteiger charge is -2.34. The maximum atomic E-state index is 4.63. The van der Waals surface area contributed by atoms with E-state index in [-0.39, 0.29) is 0 Å². The molecule has 1 fully saturated rings. The summed E-state index contributed by atoms with van der Waals surface area (Å²) < 4.78 is 2.07. The van der Waals surface area contributed by atoms with Gasteiger partial charge in [-0.1, -0.05) is 30.3 Å². The minimum atomic E-state index is 0.713. The first-order valence-electron chi connectivity index (χ1n) is 9.22. The van der Waals surface area contributed by atoms with E-state index in [0.29, 0.717) is 6.54 Å². The molecule has 5 nitrogen and oxygen atoms in total. The van der Waals surface area contributed by atoms with Crippen LogP contribution in [0, 0.1) is 5.92 Å². The fourth-order valence-corrected chi connectivity index (χ4v) is 4.38. The van der Waals surface area contributed by atoms with Gasteiger partial charge in [-0.2, -0.15) is 0 Å². The molecular weight excluding hydrogens is 342 g/mol. The van der Waals surface area contributed by atoms with Gasteiger partial charge in [-0.3, -0.25) is 9.39 Å². The van der Waals surface area contributed by atoms with Gasteiger partial charge < -0.3 is 10.2 Å². The molecule has 0 unspecified atom stereocenters. The molecule has 4 rings (SSSR count). The van der Waals surface area contributed by atoms with Crippen molar-refractivity contribution in [2.75, 3.05) is 20.1 Å². The van der Waals surface area contributed by atoms with Crippen LogP contribution in [0.15, 0.2) is 53.1 Å². The van der Waals surface area contributed by atoms with Gasteiger partial charge in [-0.05, 0) is 30.7 Å². The van der Waals surface area contributed by atoms with Crippen LogP contribution in [-0.2, 0) is 13.0 Å². The van der Waals surface area contributed by atoms with Crippen molar-refractivity contribution >= 4 is 22.3 Å². The Labute approximate surface area is 158 Å². The van der Waals surface area contributed by atoms with Crippen LogP contribution in [0.2, 0.25) is 0 Å². The molecule has 2 aromatic heterocycles. The van der Waals surface area contributed by atoms with Gasteiger partial charge in [-0.15, -0.1) is 11.3 Å². The van der Waals surface area contributed by atoms with Crippen LogP contribution in [0.25, 0.3) is 4.96 Å². The van der Waals surface area contributed by atoms with Crippen LogP contribution in [0.1, 0.15) is 24.1 Å². The zero-order valence-corrected chi connectivity index (χ0v) is 16.0. The van der Waals surface area contributed by atoms with Crippen molar-refractivity contribution in [3.8, 4) is 0 Å². The SMILES string of the molecule is CN=C(NCc1cn2ccsc2n1)N1CCC(Cc2ccccc2)CC1. The first-order valence-corrected chi connectivity index (χ1v) is 10.1. The van der Waals surface area contributed by atoms with E-state index in [0.717, 1.165) is 35.6 Å². The number of aromatic nitrogens is 2. The predicted octanol–water partition coefficient (Wildman–Crippen LogP) is 3.43. The van der Waals surface area contributed by atoms with Crippen molar-refractivity contribution in [1.29, 1.82) is 0 Å². The van der Waals surface area contributed by atoms with Gasteiger partial charge in [0.05, 0.1) is 12.2 Å². The molecule has 0 bridgehead atoms. The summed E-state index contributed by atoms with van der Waals surface area (Å²) in [6.45, 7) is 2.84. The lowest BCUT2D eigenvalue weighted by atomic mass is 9.90. The molecule has 0 radical (unpaired) electrons. The molecule has 1 aliphatic rings. The predicted molar refractivity (Wildman–Crippen MR) is 108 cm³/mol. The number of guanidine groups is 1. The number of fused-ring (bicyclic) bond motifs is 1. The number of thiazole rings is 1. The van der Waals surface area contributed by atoms with Gasteiger partial charge in [0.1, 0.15) is 0 Å². The van der Waals surface area contributed by atoms with Gasteiger partial charge in [0.25, 0.3) is 0 Å². The second-order valence-corrected chi connectivity index (χ2v) is 7.72. The maximum absolute atomic E-state index is 4.63. The molecule has 1 N–H and O–H groups in total. The van der Waals surface area contributed by atoms with Crippen molar-refractivity contribution in [2.24, 2.45) is 10.9 Å². The van der Waals surface area contributed by atoms with E-state index in [2.05, 4.69) is 66.5 Å². The number of imidazole rings is 1. The van der Waals surface area contributed by atoms with Crippen LogP contribution >= 0.6 is 11.3 Å². The summed E-state index contributed by atoms with van der Waals surface area (Å²) in [6, 6.07) is 10.8. The molecule has 1 aromatic carbocycles. The third-order valence-corrected chi connectivity index (χ3v) is 5.83. The van der Waals surface area contributed by atoms with Crippen LogP contribution in [0.3, 0.4) is 0 Å². The van der Waals surface area contributed by atoms with Gasteiger partial charge in [0.2, 0.25) is 0 Å². The van der Waals surface area contributed by atoms with Gasteiger partial charge in [0.15, 0.2) is 10.9 Å². The zero-order chi connectivity index (χ0) is 17.8. The van der Waals surface area contributed by atoms with Crippen LogP contribution in [0.5, 0.6) is 0 Å². The number of hydrogen-bond donors (Lipinski definition) is 1. The minimum absolute atomic E-state index is 0.713. The topological polar surface area (TPSA) is 44.9 Å². The fourth-order valence-electron chi connectivity index (χ4n) is 3.66. The number of rotatable bonds is 4. The molecule has 0 amide bonds. The van der Waals surface area contributed by atoms with Crippen LogP contribution < -0.4 is 5.32 Å². The Morgan fingerprint density at radius 1 is 1.27 bits per heavy atom. The molecule has 0 aliphatic carbocycles. The quantitative estimate of drug-likeness (QED) is 0.568. The molecule has 26 heavy (non-hydrogen) atoms. The number of benzene rings is 1. The van der Waals surface area contributed by atoms with Gasteiger partial charge in [-0.25, -0.2) is 4.98 Å². The van der Waals surface area contributed by atoms with Crippen LogP contribution in [-0.4, -0.2) is 40.4 Å². The Hall–Kier alpha value is -2.34. The summed E-state index contributed by atoms with van der Waals surface area (Å²) in [6.07, 6.45) is 7.75. The number of hydrogen-bond acceptors (Lipinski definition) is 3. The van der Waals surface area contributed by atoms with E-state index in [4.69, 9.17) is 0 Å². The van der Waals surface area contributed by atoms with Crippen LogP contribution in [0.4, 0.5) is 0 Å². The monoisotopic (exact) mass is 367 g/mol. The highest BCUT2D eigenvalue weighted by Crippen LogP contribution is 2.21. The number of nitrogens with zero attached hydrogens (tertiary/aromatic N) is 4. The lowest BCUT2D eigenvalue weighted by Crippen LogP contribution is -2.45. The maximum Gasteiger partial charge on any atom is 0.193 e. The first-order chi connectivity index (χ1) is 12.8. The summed E-state index contributed by atoms with van der Waals surface area (Å²) in [4.78, 5) is 12.5. The smallest absolute Gasteiger partial charge is 0.193 e. The Bertz CT molecular complexity index is 830. The molecule has 1 saturated heterocycles. The van der Waals surface area contributed by atoms with Crippen molar-refractivity contribution in [2.45, 2.75) is 25.8 Å². The van der Waals surface area contributed by atoms with Crippen molar-refractivity contribution in [3.63, 3.8) is 0 Å². The minimum Gasteiger partial charge on any atom is -0.351 e. The standard InChI is InChI=1S/C20H25N5S/c1-21-19(22-14-18-15-25-11-12-26-20(25)23-18)24-9-7-17(8-10-24)13-16-5-3-2-4-6-16/h2-6,11-12,15,17H,7-10,13-14H2,1H3,(H,21,22). The zero-order valence-electron chi connectivity index (χ0n) is 15.1. The average molecular weight is 368 g/mol. The number of nitrogens with one attached hydrogen (secondary N) is 1. The largest absolute Gasteiger partial charge is 0.351 e. The summed E-state index contributed by atoms with van der Waals surface area (Å²) in [7, 11) is 1.87. The van der Waals surface area contributed by atoms with E-state index in [9.17, 15) is 0 Å². The number of likely N-dealkylation sites (tertiary alicyclic amines) is 1. The molecule has 3 aromatic rings. The van der Waals surface area contributed by atoms with Crippen molar-refractivity contribution < 1.29 is 0 Å². The number of aliphatic imine (C=N–C) groups is 1. The molecule has 0 atom stereocenters. The fraction of sp³-hybridized carbons (Fsp3) is 0.400. The van der Waals surface area contributed by atoms with Gasteiger partial charge in [0, 0.05) is 37.9 Å². The van der Waals surface area contributed by atoms with E-state index < -0.39 is 0 Å². The third kappa shape index (κ3) is 3.90. The normalized spacial score (nSPS) is 16.3. The summed E-state index contributed by atoms with van der Waals surface area (Å²) in [5.41, 5.74) is 2.50. The highest BCUT2D eigenvalue weighted by molar-refractivity contribution is 7.15. The van der Waals surface area contributed by atoms with E-state index in [1.54, 1.807) is 11.3 Å². The Kier molecular flexibility index (Phi) is 5.20. The van der Waals surface area contributed by atoms with E-state index in [1.165, 1.54) is 24.8 Å². The molecular formula is C20H25N5S. The molecule has 0 spiro atoms. The molecule has 3 heterocycles. The summed E-state index contributed by atoms with van der Waals surface area (Å²) in [5, 5.41) is 5.53. The van der Waals surface area contributed by atoms with E-state index >= 15 is 0 Å². The first kappa shape index (κ1) is 17.1. The van der Waals surface area contributed by atoms with Gasteiger partial charge >= 0.3 is 0 Å². The lowest BCUT2D eigenvalue weighted by molar-refractivity contribution is 0.259. The van der Waals surface area contributed by atoms with E-state index in [1.807, 2.05) is 13.2 Å². The second kappa shape index (κ2) is 7.91. The second-order valence-electron chi connectivity index (χ2n) is 6.85. The molecule has 136 valence electrons. The summed E-state index contributed by atoms with van der Waals surface area (Å²) >= 11 is 1.66. The Balaban J connectivity index is 1.28. The Morgan fingerprint density at radius 3 is 2.81 bits per heavy atom. The number of piperidine rings is 1. The van der Waals surface area contributed by atoms with Crippen molar-refractivity contribution in [1.82, 2.24) is 19.6 Å². The highest BCUT2D eigenvalue weighted by Gasteiger charge is 2.21. The van der Waals surface area contributed by atoms with Crippen molar-refractivity contribution in [3.05, 3.63) is 59.4 Å². The molecule has 6 heteroatoms. The Morgan fingerprint density at radius 2 is 2.08 bits per heavy atom.